The molecule has 1 nitrogen and oxygen atoms in total. The van der Waals surface area contributed by atoms with Crippen LogP contribution >= 0.6 is 0 Å². The van der Waals surface area contributed by atoms with Crippen LogP contribution in [-0.4, -0.2) is 0 Å². The molecule has 0 fully saturated rings. The maximum absolute atomic E-state index is 4.25. The fourth-order valence-corrected chi connectivity index (χ4v) is 1.53. The Labute approximate surface area is 94.0 Å². The van der Waals surface area contributed by atoms with E-state index in [4.69, 9.17) is 0 Å². The lowest BCUT2D eigenvalue weighted by atomic mass is 10.0. The molecule has 0 saturated heterocycles. The van der Waals surface area contributed by atoms with Gasteiger partial charge in [-0.05, 0) is 12.0 Å². The van der Waals surface area contributed by atoms with E-state index in [0.717, 1.165) is 6.42 Å². The molecule has 0 amide bonds. The Kier molecular flexibility index (Phi) is 7.36. The molecule has 0 aliphatic rings. The van der Waals surface area contributed by atoms with E-state index in [9.17, 15) is 0 Å². The fraction of sp³-hybridized carbons (Fsp3) is 0.500. The second-order valence-corrected chi connectivity index (χ2v) is 3.08. The first kappa shape index (κ1) is 13.7. The zero-order valence-electron chi connectivity index (χ0n) is 10.5. The van der Waals surface area contributed by atoms with Gasteiger partial charge in [-0.25, -0.2) is 0 Å². The van der Waals surface area contributed by atoms with Crippen molar-refractivity contribution < 1.29 is 0 Å². The largest absolute Gasteiger partial charge is 0.294 e. The van der Waals surface area contributed by atoms with Crippen molar-refractivity contribution in [3.8, 4) is 6.07 Å². The maximum atomic E-state index is 4.25. The van der Waals surface area contributed by atoms with E-state index in [0.29, 0.717) is 0 Å². The Morgan fingerprint density at radius 1 is 1.27 bits per heavy atom. The van der Waals surface area contributed by atoms with Gasteiger partial charge in [0.15, 0.2) is 0 Å². The van der Waals surface area contributed by atoms with E-state index in [1.165, 1.54) is 11.1 Å². The first-order chi connectivity index (χ1) is 7.29. The van der Waals surface area contributed by atoms with Crippen LogP contribution in [0.25, 0.3) is 4.85 Å². The SMILES string of the molecule is CC.CC#[N+][C@H](C)c1ccccc1CC. The van der Waals surface area contributed by atoms with Crippen LogP contribution in [-0.2, 0) is 6.42 Å². The number of aryl methyl sites for hydroxylation is 1. The normalized spacial score (nSPS) is 10.5. The molecule has 82 valence electrons. The number of benzene rings is 1. The van der Waals surface area contributed by atoms with Gasteiger partial charge >= 0.3 is 0 Å². The molecule has 1 heteroatoms. The number of rotatable bonds is 2. The van der Waals surface area contributed by atoms with E-state index in [1.54, 1.807) is 0 Å². The highest BCUT2D eigenvalue weighted by Crippen LogP contribution is 2.21. The standard InChI is InChI=1S/C12H16N.C2H6/c1-4-11-8-6-7-9-12(11)10(3)13-5-2;1-2/h6-10H,4H2,1-3H3;1-2H3/q+1;/t10-;/m1./s1. The third kappa shape index (κ3) is 4.16. The van der Waals surface area contributed by atoms with Crippen molar-refractivity contribution in [3.05, 3.63) is 40.2 Å². The van der Waals surface area contributed by atoms with Crippen LogP contribution in [0.5, 0.6) is 0 Å². The maximum Gasteiger partial charge on any atom is 0.294 e. The molecular formula is C14H22N+. The molecule has 0 aromatic heterocycles. The van der Waals surface area contributed by atoms with Gasteiger partial charge < -0.3 is 0 Å². The van der Waals surface area contributed by atoms with Gasteiger partial charge in [0.2, 0.25) is 0 Å². The van der Waals surface area contributed by atoms with Crippen LogP contribution in [0.3, 0.4) is 0 Å². The van der Waals surface area contributed by atoms with Gasteiger partial charge in [0, 0.05) is 12.5 Å². The zero-order valence-corrected chi connectivity index (χ0v) is 10.5. The lowest BCUT2D eigenvalue weighted by molar-refractivity contribution is 0.924. The van der Waals surface area contributed by atoms with E-state index >= 15 is 0 Å². The van der Waals surface area contributed by atoms with Crippen LogP contribution in [0.2, 0.25) is 0 Å². The van der Waals surface area contributed by atoms with Gasteiger partial charge in [-0.2, -0.15) is 0 Å². The molecule has 15 heavy (non-hydrogen) atoms. The molecule has 0 spiro atoms. The van der Waals surface area contributed by atoms with Gasteiger partial charge in [0.25, 0.3) is 12.1 Å². The van der Waals surface area contributed by atoms with Crippen LogP contribution in [0.15, 0.2) is 24.3 Å². The van der Waals surface area contributed by atoms with E-state index < -0.39 is 0 Å². The summed E-state index contributed by atoms with van der Waals surface area (Å²) in [6, 6.07) is 11.5. The van der Waals surface area contributed by atoms with Crippen molar-refractivity contribution in [2.45, 2.75) is 47.1 Å². The molecule has 1 atom stereocenters. The fourth-order valence-electron chi connectivity index (χ4n) is 1.53. The van der Waals surface area contributed by atoms with Crippen LogP contribution in [0, 0.1) is 6.07 Å². The summed E-state index contributed by atoms with van der Waals surface area (Å²) in [5.41, 5.74) is 2.70. The third-order valence-electron chi connectivity index (χ3n) is 2.21. The molecule has 0 bridgehead atoms. The van der Waals surface area contributed by atoms with Gasteiger partial charge in [-0.15, -0.1) is 0 Å². The Bertz CT molecular complexity index is 331. The molecule has 0 radical (unpaired) electrons. The van der Waals surface area contributed by atoms with Gasteiger partial charge in [-0.1, -0.05) is 49.9 Å². The lowest BCUT2D eigenvalue weighted by Gasteiger charge is -2.02. The Morgan fingerprint density at radius 3 is 2.40 bits per heavy atom. The van der Waals surface area contributed by atoms with Crippen molar-refractivity contribution in [2.75, 3.05) is 0 Å². The summed E-state index contributed by atoms with van der Waals surface area (Å²) in [6.45, 7) is 10.1. The highest BCUT2D eigenvalue weighted by atomic mass is 14.7. The van der Waals surface area contributed by atoms with E-state index in [1.807, 2.05) is 20.8 Å². The lowest BCUT2D eigenvalue weighted by Crippen LogP contribution is -1.93. The average molecular weight is 204 g/mol. The molecule has 0 aliphatic carbocycles. The summed E-state index contributed by atoms with van der Waals surface area (Å²) in [5, 5.41) is 0. The number of nitrogens with zero attached hydrogens (tertiary/aromatic N) is 1. The summed E-state index contributed by atoms with van der Waals surface area (Å²) in [6.07, 6.45) is 1.07. The monoisotopic (exact) mass is 204 g/mol. The Hall–Kier alpha value is -1.29. The first-order valence-corrected chi connectivity index (χ1v) is 5.74. The summed E-state index contributed by atoms with van der Waals surface area (Å²) >= 11 is 0. The summed E-state index contributed by atoms with van der Waals surface area (Å²) < 4.78 is 0. The van der Waals surface area contributed by atoms with Crippen LogP contribution in [0.4, 0.5) is 0 Å². The van der Waals surface area contributed by atoms with Crippen LogP contribution < -0.4 is 0 Å². The quantitative estimate of drug-likeness (QED) is 0.658. The second-order valence-electron chi connectivity index (χ2n) is 3.08. The highest BCUT2D eigenvalue weighted by molar-refractivity contribution is 5.31. The highest BCUT2D eigenvalue weighted by Gasteiger charge is 2.14. The summed E-state index contributed by atoms with van der Waals surface area (Å²) in [5.74, 6) is 0. The van der Waals surface area contributed by atoms with E-state index in [-0.39, 0.29) is 6.04 Å². The van der Waals surface area contributed by atoms with Crippen molar-refractivity contribution in [1.82, 2.24) is 0 Å². The Balaban J connectivity index is 0.000000921. The van der Waals surface area contributed by atoms with E-state index in [2.05, 4.69) is 49.0 Å². The zero-order chi connectivity index (χ0) is 11.7. The minimum absolute atomic E-state index is 0.237. The minimum atomic E-state index is 0.237. The number of hydrogen-bond donors (Lipinski definition) is 0. The predicted octanol–water partition coefficient (Wildman–Crippen LogP) is 4.69. The van der Waals surface area contributed by atoms with Crippen molar-refractivity contribution in [2.24, 2.45) is 0 Å². The van der Waals surface area contributed by atoms with Crippen molar-refractivity contribution in [1.29, 1.82) is 0 Å². The Morgan fingerprint density at radius 2 is 1.87 bits per heavy atom. The molecule has 0 saturated carbocycles. The molecule has 0 heterocycles. The van der Waals surface area contributed by atoms with Gasteiger partial charge in [0.1, 0.15) is 0 Å². The second kappa shape index (κ2) is 8.05. The first-order valence-electron chi connectivity index (χ1n) is 5.74. The number of hydrogen-bond acceptors (Lipinski definition) is 0. The summed E-state index contributed by atoms with van der Waals surface area (Å²) in [4.78, 5) is 4.25. The molecule has 1 aromatic carbocycles. The van der Waals surface area contributed by atoms with Crippen molar-refractivity contribution in [3.63, 3.8) is 0 Å². The summed E-state index contributed by atoms with van der Waals surface area (Å²) in [7, 11) is 0. The molecule has 0 aliphatic heterocycles. The van der Waals surface area contributed by atoms with Gasteiger partial charge in [-0.3, -0.25) is 0 Å². The molecule has 1 rings (SSSR count). The predicted molar refractivity (Wildman–Crippen MR) is 68.5 cm³/mol. The third-order valence-corrected chi connectivity index (χ3v) is 2.21. The van der Waals surface area contributed by atoms with Crippen LogP contribution in [0.1, 0.15) is 51.8 Å². The van der Waals surface area contributed by atoms with Gasteiger partial charge in [0.05, 0.1) is 6.92 Å². The van der Waals surface area contributed by atoms with Crippen molar-refractivity contribution >= 4 is 0 Å². The molecule has 0 unspecified atom stereocenters. The molecular weight excluding hydrogens is 182 g/mol. The average Bonchev–Trinajstić information content (AvgIpc) is 2.32. The minimum Gasteiger partial charge on any atom is -0.0758 e. The molecule has 1 aromatic rings. The topological polar surface area (TPSA) is 4.36 Å². The smallest absolute Gasteiger partial charge is 0.0758 e. The molecule has 0 N–H and O–H groups in total.